The smallest absolute Gasteiger partial charge is 0.127 e. The van der Waals surface area contributed by atoms with Crippen molar-refractivity contribution in [3.63, 3.8) is 0 Å². The minimum Gasteiger partial charge on any atom is -0.394 e. The fourth-order valence-corrected chi connectivity index (χ4v) is 5.07. The number of benzene rings is 2. The van der Waals surface area contributed by atoms with Crippen LogP contribution in [-0.2, 0) is 24.0 Å². The van der Waals surface area contributed by atoms with E-state index in [0.29, 0.717) is 25.2 Å². The van der Waals surface area contributed by atoms with Gasteiger partial charge in [0.2, 0.25) is 0 Å². The molecular weight excluding hydrogens is 367 g/mol. The second kappa shape index (κ2) is 7.82. The van der Waals surface area contributed by atoms with E-state index in [2.05, 4.69) is 18.2 Å². The predicted molar refractivity (Wildman–Crippen MR) is 110 cm³/mol. The van der Waals surface area contributed by atoms with Gasteiger partial charge in [-0.25, -0.2) is 4.39 Å². The van der Waals surface area contributed by atoms with Gasteiger partial charge >= 0.3 is 0 Å². The fourth-order valence-electron chi connectivity index (χ4n) is 5.07. The molecule has 4 heteroatoms. The lowest BCUT2D eigenvalue weighted by Crippen LogP contribution is -2.33. The Morgan fingerprint density at radius 2 is 1.86 bits per heavy atom. The van der Waals surface area contributed by atoms with Gasteiger partial charge in [0, 0.05) is 19.3 Å². The summed E-state index contributed by atoms with van der Waals surface area (Å²) < 4.78 is 20.8. The number of hydrogen-bond donors (Lipinski definition) is 2. The van der Waals surface area contributed by atoms with Gasteiger partial charge in [0.15, 0.2) is 0 Å². The molecule has 29 heavy (non-hydrogen) atoms. The molecule has 3 nitrogen and oxygen atoms in total. The van der Waals surface area contributed by atoms with Crippen LogP contribution in [0.4, 0.5) is 4.39 Å². The first-order chi connectivity index (χ1) is 14.1. The molecule has 5 rings (SSSR count). The molecule has 2 N–H and O–H groups in total. The molecule has 0 bridgehead atoms. The van der Waals surface area contributed by atoms with Crippen molar-refractivity contribution in [2.45, 2.75) is 75.6 Å². The molecule has 0 spiro atoms. The van der Waals surface area contributed by atoms with Crippen molar-refractivity contribution in [3.05, 3.63) is 69.5 Å². The van der Waals surface area contributed by atoms with E-state index in [0.717, 1.165) is 36.0 Å². The van der Waals surface area contributed by atoms with Gasteiger partial charge in [0.1, 0.15) is 5.82 Å². The first-order valence-electron chi connectivity index (χ1n) is 11.0. The number of hydrogen-bond acceptors (Lipinski definition) is 3. The average molecular weight is 397 g/mol. The molecule has 1 aliphatic heterocycles. The Morgan fingerprint density at radius 1 is 1.00 bits per heavy atom. The summed E-state index contributed by atoms with van der Waals surface area (Å²) in [6.07, 6.45) is 6.16. The molecule has 3 aliphatic rings. The van der Waals surface area contributed by atoms with Gasteiger partial charge in [-0.05, 0) is 77.5 Å². The molecule has 2 fully saturated rings. The minimum absolute atomic E-state index is 0.0795. The number of ether oxygens (including phenoxy) is 1. The summed E-state index contributed by atoms with van der Waals surface area (Å²) in [5, 5.41) is 19.7. The Bertz CT molecular complexity index is 905. The Morgan fingerprint density at radius 3 is 2.62 bits per heavy atom. The normalized spacial score (nSPS) is 26.5. The van der Waals surface area contributed by atoms with E-state index in [9.17, 15) is 14.6 Å². The van der Waals surface area contributed by atoms with E-state index in [4.69, 9.17) is 4.74 Å². The van der Waals surface area contributed by atoms with Crippen LogP contribution >= 0.6 is 0 Å². The molecule has 154 valence electrons. The Kier molecular flexibility index (Phi) is 5.19. The van der Waals surface area contributed by atoms with E-state index in [1.807, 2.05) is 6.07 Å². The van der Waals surface area contributed by atoms with Crippen molar-refractivity contribution in [2.75, 3.05) is 6.61 Å². The third kappa shape index (κ3) is 3.98. The zero-order chi connectivity index (χ0) is 20.0. The fraction of sp³-hybridized carbons (Fsp3) is 0.520. The molecule has 0 radical (unpaired) electrons. The lowest BCUT2D eigenvalue weighted by atomic mass is 9.89. The molecule has 2 aromatic carbocycles. The zero-order valence-electron chi connectivity index (χ0n) is 16.7. The standard InChI is InChI=1S/C25H29FO3/c26-24-11-16(15-4-5-15)6-7-18(24)9-19-10-20(8-17-2-1-3-23(17)19)25-13-21(28)12-22(14-27)29-25/h6-8,10-11,15,21-22,25,27-28H,1-5,9,12-14H2/t21-,22-,25+/m0/s1. The summed E-state index contributed by atoms with van der Waals surface area (Å²) in [6.45, 7) is -0.0795. The number of fused-ring (bicyclic) bond motifs is 1. The number of aliphatic hydroxyl groups is 2. The summed E-state index contributed by atoms with van der Waals surface area (Å²) in [6, 6.07) is 10.1. The van der Waals surface area contributed by atoms with Gasteiger partial charge in [-0.2, -0.15) is 0 Å². The summed E-state index contributed by atoms with van der Waals surface area (Å²) >= 11 is 0. The Balaban J connectivity index is 1.45. The van der Waals surface area contributed by atoms with Crippen LogP contribution in [0, 0.1) is 5.82 Å². The van der Waals surface area contributed by atoms with Crippen molar-refractivity contribution in [2.24, 2.45) is 0 Å². The maximum Gasteiger partial charge on any atom is 0.127 e. The second-order valence-corrected chi connectivity index (χ2v) is 9.03. The van der Waals surface area contributed by atoms with E-state index in [-0.39, 0.29) is 24.6 Å². The molecule has 2 aromatic rings. The van der Waals surface area contributed by atoms with E-state index in [1.165, 1.54) is 29.5 Å². The summed E-state index contributed by atoms with van der Waals surface area (Å²) in [7, 11) is 0. The highest BCUT2D eigenvalue weighted by Gasteiger charge is 2.30. The van der Waals surface area contributed by atoms with Gasteiger partial charge < -0.3 is 14.9 Å². The SMILES string of the molecule is OC[C@@H]1C[C@H](O)C[C@H](c2cc3c(c(Cc4ccc(C5CC5)cc4F)c2)CCC3)O1. The van der Waals surface area contributed by atoms with Crippen molar-refractivity contribution < 1.29 is 19.3 Å². The molecule has 3 atom stereocenters. The molecule has 1 heterocycles. The molecule has 1 saturated carbocycles. The highest BCUT2D eigenvalue weighted by Crippen LogP contribution is 2.41. The van der Waals surface area contributed by atoms with Gasteiger partial charge in [0.05, 0.1) is 24.9 Å². The average Bonchev–Trinajstić information content (AvgIpc) is 3.46. The highest BCUT2D eigenvalue weighted by molar-refractivity contribution is 5.45. The van der Waals surface area contributed by atoms with Crippen LogP contribution in [0.5, 0.6) is 0 Å². The van der Waals surface area contributed by atoms with Gasteiger partial charge in [-0.15, -0.1) is 0 Å². The van der Waals surface area contributed by atoms with Crippen LogP contribution in [0.2, 0.25) is 0 Å². The van der Waals surface area contributed by atoms with Crippen LogP contribution in [0.25, 0.3) is 0 Å². The van der Waals surface area contributed by atoms with Crippen LogP contribution in [0.1, 0.15) is 77.5 Å². The maximum absolute atomic E-state index is 14.8. The second-order valence-electron chi connectivity index (χ2n) is 9.03. The first kappa shape index (κ1) is 19.2. The van der Waals surface area contributed by atoms with Crippen molar-refractivity contribution in [1.29, 1.82) is 0 Å². The van der Waals surface area contributed by atoms with Crippen LogP contribution in [0.15, 0.2) is 30.3 Å². The minimum atomic E-state index is -0.463. The third-order valence-electron chi connectivity index (χ3n) is 6.79. The monoisotopic (exact) mass is 396 g/mol. The van der Waals surface area contributed by atoms with Crippen LogP contribution in [-0.4, -0.2) is 29.0 Å². The summed E-state index contributed by atoms with van der Waals surface area (Å²) in [5.41, 5.74) is 6.79. The molecule has 1 saturated heterocycles. The Hall–Kier alpha value is -1.75. The maximum atomic E-state index is 14.8. The summed E-state index contributed by atoms with van der Waals surface area (Å²) in [5.74, 6) is 0.455. The van der Waals surface area contributed by atoms with E-state index >= 15 is 0 Å². The Labute approximate surface area is 171 Å². The molecule has 2 aliphatic carbocycles. The largest absolute Gasteiger partial charge is 0.394 e. The van der Waals surface area contributed by atoms with Crippen LogP contribution in [0.3, 0.4) is 0 Å². The molecule has 0 unspecified atom stereocenters. The molecule has 0 amide bonds. The van der Waals surface area contributed by atoms with Crippen molar-refractivity contribution >= 4 is 0 Å². The van der Waals surface area contributed by atoms with Crippen LogP contribution < -0.4 is 0 Å². The zero-order valence-corrected chi connectivity index (χ0v) is 16.7. The number of aliphatic hydroxyl groups excluding tert-OH is 2. The van der Waals surface area contributed by atoms with E-state index < -0.39 is 6.10 Å². The molecular formula is C25H29FO3. The van der Waals surface area contributed by atoms with Gasteiger partial charge in [0.25, 0.3) is 0 Å². The lowest BCUT2D eigenvalue weighted by Gasteiger charge is -2.33. The van der Waals surface area contributed by atoms with Crippen molar-refractivity contribution in [1.82, 2.24) is 0 Å². The highest BCUT2D eigenvalue weighted by atomic mass is 19.1. The quantitative estimate of drug-likeness (QED) is 0.790. The van der Waals surface area contributed by atoms with Gasteiger partial charge in [-0.3, -0.25) is 0 Å². The predicted octanol–water partition coefficient (Wildman–Crippen LogP) is 4.36. The van der Waals surface area contributed by atoms with Gasteiger partial charge in [-0.1, -0.05) is 24.3 Å². The number of aryl methyl sites for hydroxylation is 1. The van der Waals surface area contributed by atoms with E-state index in [1.54, 1.807) is 6.07 Å². The number of halogens is 1. The molecule has 0 aromatic heterocycles. The van der Waals surface area contributed by atoms with Crippen molar-refractivity contribution in [3.8, 4) is 0 Å². The third-order valence-corrected chi connectivity index (χ3v) is 6.79. The summed E-state index contributed by atoms with van der Waals surface area (Å²) in [4.78, 5) is 0. The topological polar surface area (TPSA) is 49.7 Å². The first-order valence-corrected chi connectivity index (χ1v) is 11.0. The number of rotatable bonds is 5. The lowest BCUT2D eigenvalue weighted by molar-refractivity contribution is -0.113.